The molecule has 2 atom stereocenters. The van der Waals surface area contributed by atoms with E-state index in [0.717, 1.165) is 6.42 Å². The van der Waals surface area contributed by atoms with Gasteiger partial charge in [-0.25, -0.2) is 4.98 Å². The van der Waals surface area contributed by atoms with E-state index in [-0.39, 0.29) is 0 Å². The molecule has 0 amide bonds. The second kappa shape index (κ2) is 7.13. The summed E-state index contributed by atoms with van der Waals surface area (Å²) in [5.74, 6) is 0.628. The fourth-order valence-electron chi connectivity index (χ4n) is 2.73. The van der Waals surface area contributed by atoms with E-state index in [2.05, 4.69) is 59.9 Å². The summed E-state index contributed by atoms with van der Waals surface area (Å²) >= 11 is 0. The summed E-state index contributed by atoms with van der Waals surface area (Å²) in [5.41, 5.74) is 1.43. The molecular formula is C17H24N2. The third-order valence-electron chi connectivity index (χ3n) is 3.82. The minimum atomic E-state index is 0.558. The maximum Gasteiger partial charge on any atom is 0.0948 e. The molecular weight excluding hydrogens is 232 g/mol. The highest BCUT2D eigenvalue weighted by Crippen LogP contribution is 2.27. The molecule has 19 heavy (non-hydrogen) atoms. The average molecular weight is 256 g/mol. The fraction of sp³-hybridized carbons (Fsp3) is 0.471. The molecule has 2 heteroatoms. The fourth-order valence-corrected chi connectivity index (χ4v) is 2.73. The molecule has 0 fully saturated rings. The van der Waals surface area contributed by atoms with Gasteiger partial charge in [-0.2, -0.15) is 0 Å². The number of unbranched alkanes of at least 4 members (excludes halogenated alkanes) is 1. The molecule has 1 aromatic heterocycles. The van der Waals surface area contributed by atoms with E-state index < -0.39 is 0 Å². The first-order valence-electron chi connectivity index (χ1n) is 7.32. The molecule has 2 nitrogen and oxygen atoms in total. The summed E-state index contributed by atoms with van der Waals surface area (Å²) in [7, 11) is 0. The van der Waals surface area contributed by atoms with Crippen LogP contribution in [0.4, 0.5) is 0 Å². The molecule has 0 radical (unpaired) electrons. The number of rotatable bonds is 7. The highest BCUT2D eigenvalue weighted by atomic mass is 15.1. The number of hydrogen-bond acceptors (Lipinski definition) is 1. The molecule has 102 valence electrons. The zero-order chi connectivity index (χ0) is 13.5. The molecule has 1 aromatic carbocycles. The van der Waals surface area contributed by atoms with Gasteiger partial charge < -0.3 is 4.57 Å². The van der Waals surface area contributed by atoms with Gasteiger partial charge in [0.15, 0.2) is 0 Å². The Hall–Kier alpha value is -1.57. The van der Waals surface area contributed by atoms with Gasteiger partial charge in [-0.05, 0) is 24.3 Å². The topological polar surface area (TPSA) is 17.8 Å². The standard InChI is InChI=1S/C17H24N2/c1-3-4-10-17(19-12-11-18-14-19)15(2)13-16-8-6-5-7-9-16/h5-9,11-12,14-15,17H,3-4,10,13H2,1-2H3. The van der Waals surface area contributed by atoms with Crippen LogP contribution in [0.25, 0.3) is 0 Å². The Balaban J connectivity index is 2.05. The van der Waals surface area contributed by atoms with Crippen molar-refractivity contribution < 1.29 is 0 Å². The van der Waals surface area contributed by atoms with Gasteiger partial charge in [0.2, 0.25) is 0 Å². The van der Waals surface area contributed by atoms with Gasteiger partial charge in [-0.3, -0.25) is 0 Å². The zero-order valence-electron chi connectivity index (χ0n) is 12.0. The first kappa shape index (κ1) is 13.9. The van der Waals surface area contributed by atoms with Gasteiger partial charge in [0.25, 0.3) is 0 Å². The van der Waals surface area contributed by atoms with Crippen molar-refractivity contribution >= 4 is 0 Å². The second-order valence-electron chi connectivity index (χ2n) is 5.39. The monoisotopic (exact) mass is 256 g/mol. The van der Waals surface area contributed by atoms with Gasteiger partial charge in [0.1, 0.15) is 0 Å². The summed E-state index contributed by atoms with van der Waals surface area (Å²) in [6, 6.07) is 11.3. The van der Waals surface area contributed by atoms with Crippen LogP contribution in [0.1, 0.15) is 44.7 Å². The molecule has 0 aliphatic carbocycles. The molecule has 0 bridgehead atoms. The molecule has 0 N–H and O–H groups in total. The molecule has 1 heterocycles. The van der Waals surface area contributed by atoms with Gasteiger partial charge in [-0.1, -0.05) is 57.0 Å². The minimum Gasteiger partial charge on any atom is -0.334 e. The van der Waals surface area contributed by atoms with E-state index in [0.29, 0.717) is 12.0 Å². The predicted octanol–water partition coefficient (Wildman–Crippen LogP) is 4.49. The maximum atomic E-state index is 4.20. The van der Waals surface area contributed by atoms with E-state index >= 15 is 0 Å². The number of nitrogens with zero attached hydrogens (tertiary/aromatic N) is 2. The van der Waals surface area contributed by atoms with Crippen molar-refractivity contribution in [3.63, 3.8) is 0 Å². The zero-order valence-corrected chi connectivity index (χ0v) is 12.0. The summed E-state index contributed by atoms with van der Waals surface area (Å²) in [5, 5.41) is 0. The van der Waals surface area contributed by atoms with Crippen molar-refractivity contribution in [3.8, 4) is 0 Å². The molecule has 0 aliphatic rings. The third-order valence-corrected chi connectivity index (χ3v) is 3.82. The Kier molecular flexibility index (Phi) is 5.20. The Labute approximate surface area is 116 Å². The van der Waals surface area contributed by atoms with Crippen LogP contribution in [0.15, 0.2) is 49.1 Å². The van der Waals surface area contributed by atoms with Crippen molar-refractivity contribution in [2.24, 2.45) is 5.92 Å². The van der Waals surface area contributed by atoms with Gasteiger partial charge in [0.05, 0.1) is 6.33 Å². The Morgan fingerprint density at radius 3 is 2.63 bits per heavy atom. The summed E-state index contributed by atoms with van der Waals surface area (Å²) < 4.78 is 2.28. The lowest BCUT2D eigenvalue weighted by Crippen LogP contribution is -2.18. The van der Waals surface area contributed by atoms with Gasteiger partial charge in [-0.15, -0.1) is 0 Å². The van der Waals surface area contributed by atoms with E-state index in [1.807, 2.05) is 12.5 Å². The quantitative estimate of drug-likeness (QED) is 0.713. The van der Waals surface area contributed by atoms with Crippen LogP contribution < -0.4 is 0 Å². The Morgan fingerprint density at radius 2 is 2.00 bits per heavy atom. The number of aromatic nitrogens is 2. The minimum absolute atomic E-state index is 0.558. The van der Waals surface area contributed by atoms with Crippen LogP contribution in [0.5, 0.6) is 0 Å². The molecule has 0 aliphatic heterocycles. The van der Waals surface area contributed by atoms with Crippen LogP contribution >= 0.6 is 0 Å². The van der Waals surface area contributed by atoms with Crippen molar-refractivity contribution in [1.29, 1.82) is 0 Å². The lowest BCUT2D eigenvalue weighted by atomic mass is 9.90. The Bertz CT molecular complexity index is 447. The predicted molar refractivity (Wildman–Crippen MR) is 80.1 cm³/mol. The van der Waals surface area contributed by atoms with Crippen LogP contribution in [-0.4, -0.2) is 9.55 Å². The highest BCUT2D eigenvalue weighted by molar-refractivity contribution is 5.15. The van der Waals surface area contributed by atoms with Crippen LogP contribution in [0.2, 0.25) is 0 Å². The van der Waals surface area contributed by atoms with Crippen molar-refractivity contribution in [3.05, 3.63) is 54.6 Å². The highest BCUT2D eigenvalue weighted by Gasteiger charge is 2.18. The SMILES string of the molecule is CCCCC(C(C)Cc1ccccc1)n1ccnc1. The molecule has 0 saturated heterocycles. The first-order chi connectivity index (χ1) is 9.31. The molecule has 0 spiro atoms. The molecule has 2 rings (SSSR count). The Morgan fingerprint density at radius 1 is 1.21 bits per heavy atom. The lowest BCUT2D eigenvalue weighted by molar-refractivity contribution is 0.321. The number of benzene rings is 1. The molecule has 2 aromatic rings. The third kappa shape index (κ3) is 3.95. The summed E-state index contributed by atoms with van der Waals surface area (Å²) in [6.07, 6.45) is 10.8. The maximum absolute atomic E-state index is 4.20. The first-order valence-corrected chi connectivity index (χ1v) is 7.32. The summed E-state index contributed by atoms with van der Waals surface area (Å²) in [6.45, 7) is 4.61. The molecule has 2 unspecified atom stereocenters. The van der Waals surface area contributed by atoms with Crippen LogP contribution in [0.3, 0.4) is 0 Å². The number of hydrogen-bond donors (Lipinski definition) is 0. The largest absolute Gasteiger partial charge is 0.334 e. The van der Waals surface area contributed by atoms with Crippen LogP contribution in [-0.2, 0) is 6.42 Å². The van der Waals surface area contributed by atoms with E-state index in [9.17, 15) is 0 Å². The van der Waals surface area contributed by atoms with E-state index in [1.54, 1.807) is 0 Å². The van der Waals surface area contributed by atoms with Crippen molar-refractivity contribution in [2.75, 3.05) is 0 Å². The average Bonchev–Trinajstić information content (AvgIpc) is 2.94. The van der Waals surface area contributed by atoms with E-state index in [1.165, 1.54) is 24.8 Å². The van der Waals surface area contributed by atoms with Crippen molar-refractivity contribution in [1.82, 2.24) is 9.55 Å². The van der Waals surface area contributed by atoms with Crippen LogP contribution in [0, 0.1) is 5.92 Å². The van der Waals surface area contributed by atoms with Crippen molar-refractivity contribution in [2.45, 2.75) is 45.6 Å². The second-order valence-corrected chi connectivity index (χ2v) is 5.39. The van der Waals surface area contributed by atoms with Gasteiger partial charge >= 0.3 is 0 Å². The van der Waals surface area contributed by atoms with E-state index in [4.69, 9.17) is 0 Å². The summed E-state index contributed by atoms with van der Waals surface area (Å²) in [4.78, 5) is 4.20. The molecule has 0 saturated carbocycles. The smallest absolute Gasteiger partial charge is 0.0948 e. The van der Waals surface area contributed by atoms with Gasteiger partial charge in [0, 0.05) is 18.4 Å². The number of imidazole rings is 1. The lowest BCUT2D eigenvalue weighted by Gasteiger charge is -2.25. The normalized spacial score (nSPS) is 14.2.